The summed E-state index contributed by atoms with van der Waals surface area (Å²) < 4.78 is 42.1. The predicted octanol–water partition coefficient (Wildman–Crippen LogP) is 1.95. The fourth-order valence-corrected chi connectivity index (χ4v) is 3.81. The molecule has 3 rings (SSSR count). The Morgan fingerprint density at radius 3 is 2.50 bits per heavy atom. The van der Waals surface area contributed by atoms with Gasteiger partial charge < -0.3 is 19.2 Å². The van der Waals surface area contributed by atoms with Crippen LogP contribution in [0.5, 0.6) is 5.75 Å². The molecule has 2 aromatic rings. The predicted molar refractivity (Wildman–Crippen MR) is 93.9 cm³/mol. The van der Waals surface area contributed by atoms with Crippen molar-refractivity contribution in [3.63, 3.8) is 0 Å². The molecule has 1 saturated heterocycles. The average Bonchev–Trinajstić information content (AvgIpc) is 3.15. The van der Waals surface area contributed by atoms with Gasteiger partial charge in [-0.15, -0.1) is 0 Å². The molecule has 8 nitrogen and oxygen atoms in total. The Morgan fingerprint density at radius 1 is 1.15 bits per heavy atom. The van der Waals surface area contributed by atoms with Crippen LogP contribution in [0, 0.1) is 0 Å². The van der Waals surface area contributed by atoms with E-state index in [1.54, 1.807) is 24.3 Å². The molecule has 0 bridgehead atoms. The zero-order chi connectivity index (χ0) is 18.6. The third kappa shape index (κ3) is 4.06. The summed E-state index contributed by atoms with van der Waals surface area (Å²) >= 11 is 0. The van der Waals surface area contributed by atoms with Gasteiger partial charge in [0.05, 0.1) is 19.8 Å². The molecule has 0 spiro atoms. The van der Waals surface area contributed by atoms with Crippen molar-refractivity contribution < 1.29 is 27.1 Å². The Balaban J connectivity index is 1.69. The van der Waals surface area contributed by atoms with Crippen LogP contribution in [-0.2, 0) is 14.8 Å². The van der Waals surface area contributed by atoms with E-state index in [1.807, 2.05) is 6.92 Å². The maximum absolute atomic E-state index is 12.5. The number of ether oxygens (including phenoxy) is 2. The SMILES string of the molecule is CCOc1ccc(NC(=O)c2ccc(S(=O)(=O)N3CCOCC3)o2)cc1. The van der Waals surface area contributed by atoms with Crippen molar-refractivity contribution in [2.24, 2.45) is 0 Å². The van der Waals surface area contributed by atoms with E-state index in [1.165, 1.54) is 16.4 Å². The molecule has 0 aliphatic carbocycles. The summed E-state index contributed by atoms with van der Waals surface area (Å²) in [5.41, 5.74) is 0.549. The van der Waals surface area contributed by atoms with Gasteiger partial charge in [-0.1, -0.05) is 0 Å². The lowest BCUT2D eigenvalue weighted by Gasteiger charge is -2.24. The molecule has 1 amide bonds. The minimum absolute atomic E-state index is 0.0780. The van der Waals surface area contributed by atoms with Gasteiger partial charge in [-0.2, -0.15) is 4.31 Å². The van der Waals surface area contributed by atoms with E-state index in [-0.39, 0.29) is 23.9 Å². The first-order chi connectivity index (χ1) is 12.5. The molecule has 2 heterocycles. The molecule has 26 heavy (non-hydrogen) atoms. The fourth-order valence-electron chi connectivity index (χ4n) is 2.49. The molecule has 1 aromatic heterocycles. The lowest BCUT2D eigenvalue weighted by molar-refractivity contribution is 0.0723. The van der Waals surface area contributed by atoms with Crippen LogP contribution in [0.15, 0.2) is 45.9 Å². The van der Waals surface area contributed by atoms with Gasteiger partial charge in [0.1, 0.15) is 5.75 Å². The van der Waals surface area contributed by atoms with E-state index in [4.69, 9.17) is 13.9 Å². The fraction of sp³-hybridized carbons (Fsp3) is 0.353. The molecule has 0 unspecified atom stereocenters. The topological polar surface area (TPSA) is 98.1 Å². The first-order valence-electron chi connectivity index (χ1n) is 8.22. The van der Waals surface area contributed by atoms with Gasteiger partial charge in [-0.25, -0.2) is 8.42 Å². The first kappa shape index (κ1) is 18.4. The number of rotatable bonds is 6. The van der Waals surface area contributed by atoms with Gasteiger partial charge in [0.2, 0.25) is 5.09 Å². The Kier molecular flexibility index (Phi) is 5.60. The summed E-state index contributed by atoms with van der Waals surface area (Å²) in [6.45, 7) is 3.64. The second-order valence-electron chi connectivity index (χ2n) is 5.55. The number of amides is 1. The van der Waals surface area contributed by atoms with Crippen LogP contribution < -0.4 is 10.1 Å². The Morgan fingerprint density at radius 2 is 1.85 bits per heavy atom. The monoisotopic (exact) mass is 380 g/mol. The van der Waals surface area contributed by atoms with Gasteiger partial charge in [0, 0.05) is 18.8 Å². The largest absolute Gasteiger partial charge is 0.494 e. The summed E-state index contributed by atoms with van der Waals surface area (Å²) in [6.07, 6.45) is 0. The van der Waals surface area contributed by atoms with Crippen LogP contribution in [-0.4, -0.2) is 51.5 Å². The molecule has 0 saturated carbocycles. The molecule has 1 aliphatic heterocycles. The molecule has 1 aliphatic rings. The number of nitrogens with one attached hydrogen (secondary N) is 1. The Labute approximate surface area is 151 Å². The van der Waals surface area contributed by atoms with Crippen LogP contribution in [0.1, 0.15) is 17.5 Å². The normalized spacial score (nSPS) is 15.6. The van der Waals surface area contributed by atoms with Crippen molar-refractivity contribution >= 4 is 21.6 Å². The number of morpholine rings is 1. The van der Waals surface area contributed by atoms with Gasteiger partial charge in [0.25, 0.3) is 15.9 Å². The van der Waals surface area contributed by atoms with Crippen molar-refractivity contribution in [3.8, 4) is 5.75 Å². The lowest BCUT2D eigenvalue weighted by atomic mass is 10.3. The first-order valence-corrected chi connectivity index (χ1v) is 9.66. The summed E-state index contributed by atoms with van der Waals surface area (Å²) in [6, 6.07) is 9.48. The van der Waals surface area contributed by atoms with E-state index < -0.39 is 15.9 Å². The highest BCUT2D eigenvalue weighted by molar-refractivity contribution is 7.89. The smallest absolute Gasteiger partial charge is 0.291 e. The van der Waals surface area contributed by atoms with E-state index >= 15 is 0 Å². The highest BCUT2D eigenvalue weighted by Gasteiger charge is 2.30. The third-order valence-corrected chi connectivity index (χ3v) is 5.57. The van der Waals surface area contributed by atoms with Crippen molar-refractivity contribution in [1.29, 1.82) is 0 Å². The Hall–Kier alpha value is -2.36. The second-order valence-corrected chi connectivity index (χ2v) is 7.42. The summed E-state index contributed by atoms with van der Waals surface area (Å²) in [4.78, 5) is 12.3. The summed E-state index contributed by atoms with van der Waals surface area (Å²) in [5.74, 6) is 0.0886. The number of carbonyl (C=O) groups is 1. The number of furan rings is 1. The third-order valence-electron chi connectivity index (χ3n) is 3.79. The number of benzene rings is 1. The van der Waals surface area contributed by atoms with E-state index in [9.17, 15) is 13.2 Å². The summed E-state index contributed by atoms with van der Waals surface area (Å²) in [5, 5.41) is 2.40. The van der Waals surface area contributed by atoms with Crippen molar-refractivity contribution in [2.75, 3.05) is 38.2 Å². The second kappa shape index (κ2) is 7.90. The molecule has 0 radical (unpaired) electrons. The maximum Gasteiger partial charge on any atom is 0.291 e. The quantitative estimate of drug-likeness (QED) is 0.823. The van der Waals surface area contributed by atoms with Gasteiger partial charge in [-0.3, -0.25) is 4.79 Å². The average molecular weight is 380 g/mol. The molecule has 1 aromatic carbocycles. The molecule has 0 atom stereocenters. The van der Waals surface area contributed by atoms with Crippen LogP contribution in [0.2, 0.25) is 0 Å². The molecule has 1 fully saturated rings. The van der Waals surface area contributed by atoms with Crippen LogP contribution in [0.25, 0.3) is 0 Å². The Bertz CT molecular complexity index is 854. The molecule has 140 valence electrons. The van der Waals surface area contributed by atoms with Crippen molar-refractivity contribution in [3.05, 3.63) is 42.2 Å². The van der Waals surface area contributed by atoms with Gasteiger partial charge in [0.15, 0.2) is 5.76 Å². The molecular formula is C17H20N2O6S. The van der Waals surface area contributed by atoms with Crippen LogP contribution in [0.4, 0.5) is 5.69 Å². The highest BCUT2D eigenvalue weighted by atomic mass is 32.2. The van der Waals surface area contributed by atoms with Crippen LogP contribution in [0.3, 0.4) is 0 Å². The number of sulfonamides is 1. The van der Waals surface area contributed by atoms with E-state index in [0.717, 1.165) is 0 Å². The lowest BCUT2D eigenvalue weighted by Crippen LogP contribution is -2.40. The molecule has 9 heteroatoms. The number of hydrogen-bond donors (Lipinski definition) is 1. The van der Waals surface area contributed by atoms with Crippen molar-refractivity contribution in [1.82, 2.24) is 4.31 Å². The van der Waals surface area contributed by atoms with Crippen molar-refractivity contribution in [2.45, 2.75) is 12.0 Å². The number of carbonyl (C=O) groups excluding carboxylic acids is 1. The maximum atomic E-state index is 12.5. The number of nitrogens with zero attached hydrogens (tertiary/aromatic N) is 1. The summed E-state index contributed by atoms with van der Waals surface area (Å²) in [7, 11) is -3.77. The van der Waals surface area contributed by atoms with Gasteiger partial charge >= 0.3 is 0 Å². The van der Waals surface area contributed by atoms with Gasteiger partial charge in [-0.05, 0) is 43.3 Å². The molecular weight excluding hydrogens is 360 g/mol. The number of hydrogen-bond acceptors (Lipinski definition) is 6. The zero-order valence-corrected chi connectivity index (χ0v) is 15.1. The van der Waals surface area contributed by atoms with Crippen LogP contribution >= 0.6 is 0 Å². The standard InChI is InChI=1S/C17H20N2O6S/c1-2-24-14-5-3-13(4-6-14)18-17(20)15-7-8-16(25-15)26(21,22)19-9-11-23-12-10-19/h3-8H,2,9-12H2,1H3,(H,18,20). The molecule has 1 N–H and O–H groups in total. The van der Waals surface area contributed by atoms with E-state index in [0.29, 0.717) is 31.3 Å². The minimum Gasteiger partial charge on any atom is -0.494 e. The van der Waals surface area contributed by atoms with E-state index in [2.05, 4.69) is 5.32 Å². The minimum atomic E-state index is -3.77. The number of anilines is 1. The zero-order valence-electron chi connectivity index (χ0n) is 14.3. The highest BCUT2D eigenvalue weighted by Crippen LogP contribution is 2.21.